The van der Waals surface area contributed by atoms with Gasteiger partial charge in [0.15, 0.2) is 0 Å². The van der Waals surface area contributed by atoms with Crippen molar-refractivity contribution in [3.05, 3.63) is 34.2 Å². The van der Waals surface area contributed by atoms with E-state index in [1.165, 1.54) is 10.9 Å². The van der Waals surface area contributed by atoms with Gasteiger partial charge in [0, 0.05) is 0 Å². The van der Waals surface area contributed by atoms with E-state index < -0.39 is 0 Å². The third kappa shape index (κ3) is 2.33. The highest BCUT2D eigenvalue weighted by atomic mass is 35.5. The second-order valence-corrected chi connectivity index (χ2v) is 5.02. The Morgan fingerprint density at radius 3 is 2.93 bits per heavy atom. The second-order valence-electron chi connectivity index (χ2n) is 3.74. The van der Waals surface area contributed by atoms with Crippen LogP contribution in [0.2, 0.25) is 5.02 Å². The summed E-state index contributed by atoms with van der Waals surface area (Å²) >= 11 is 7.78. The molecule has 2 rings (SSSR count). The molecule has 2 aromatic rings. The minimum Gasteiger partial charge on any atom is -0.374 e. The molecule has 1 heterocycles. The molecule has 3 heteroatoms. The van der Waals surface area contributed by atoms with E-state index in [-0.39, 0.29) is 6.10 Å². The van der Waals surface area contributed by atoms with Gasteiger partial charge in [-0.3, -0.25) is 0 Å². The van der Waals surface area contributed by atoms with Crippen LogP contribution in [-0.2, 0) is 11.3 Å². The predicted molar refractivity (Wildman–Crippen MR) is 66.8 cm³/mol. The number of thiophene rings is 1. The molecule has 0 spiro atoms. The molecular weight excluding hydrogens is 228 g/mol. The van der Waals surface area contributed by atoms with Crippen LogP contribution < -0.4 is 0 Å². The number of halogens is 1. The summed E-state index contributed by atoms with van der Waals surface area (Å²) in [5, 5.41) is 4.17. The van der Waals surface area contributed by atoms with Gasteiger partial charge in [0.2, 0.25) is 0 Å². The Balaban J connectivity index is 2.33. The number of benzene rings is 1. The molecule has 0 aliphatic rings. The van der Waals surface area contributed by atoms with Gasteiger partial charge in [-0.05, 0) is 36.2 Å². The van der Waals surface area contributed by atoms with Crippen LogP contribution in [0.3, 0.4) is 0 Å². The molecule has 0 atom stereocenters. The van der Waals surface area contributed by atoms with Crippen LogP contribution in [0, 0.1) is 0 Å². The van der Waals surface area contributed by atoms with Gasteiger partial charge in [0.25, 0.3) is 0 Å². The van der Waals surface area contributed by atoms with Crippen LogP contribution in [0.1, 0.15) is 19.4 Å². The molecular formula is C12H13ClOS. The molecule has 0 bridgehead atoms. The molecule has 0 radical (unpaired) electrons. The zero-order chi connectivity index (χ0) is 10.8. The number of hydrogen-bond acceptors (Lipinski definition) is 2. The van der Waals surface area contributed by atoms with Crippen molar-refractivity contribution in [1.82, 2.24) is 0 Å². The minimum atomic E-state index is 0.263. The Labute approximate surface area is 98.6 Å². The largest absolute Gasteiger partial charge is 0.374 e. The first-order valence-corrected chi connectivity index (χ1v) is 6.20. The van der Waals surface area contributed by atoms with E-state index in [4.69, 9.17) is 16.3 Å². The van der Waals surface area contributed by atoms with Crippen molar-refractivity contribution in [2.75, 3.05) is 0 Å². The first-order valence-electron chi connectivity index (χ1n) is 4.94. The van der Waals surface area contributed by atoms with Crippen molar-refractivity contribution < 1.29 is 4.74 Å². The van der Waals surface area contributed by atoms with E-state index >= 15 is 0 Å². The second kappa shape index (κ2) is 4.52. The van der Waals surface area contributed by atoms with Crippen LogP contribution in [-0.4, -0.2) is 6.10 Å². The van der Waals surface area contributed by atoms with E-state index in [1.54, 1.807) is 11.3 Å². The summed E-state index contributed by atoms with van der Waals surface area (Å²) in [4.78, 5) is 0. The molecule has 0 fully saturated rings. The monoisotopic (exact) mass is 240 g/mol. The van der Waals surface area contributed by atoms with Gasteiger partial charge in [-0.15, -0.1) is 11.3 Å². The molecule has 1 aromatic carbocycles. The highest BCUT2D eigenvalue weighted by molar-refractivity contribution is 7.18. The first-order chi connectivity index (χ1) is 7.18. The molecule has 0 N–H and O–H groups in total. The summed E-state index contributed by atoms with van der Waals surface area (Å²) in [5.41, 5.74) is 1.23. The van der Waals surface area contributed by atoms with Gasteiger partial charge in [0.05, 0.1) is 22.4 Å². The summed E-state index contributed by atoms with van der Waals surface area (Å²) in [5.74, 6) is 0. The summed E-state index contributed by atoms with van der Waals surface area (Å²) in [7, 11) is 0. The normalized spacial score (nSPS) is 11.5. The van der Waals surface area contributed by atoms with E-state index in [9.17, 15) is 0 Å². The number of fused-ring (bicyclic) bond motifs is 1. The molecule has 0 saturated carbocycles. The summed E-state index contributed by atoms with van der Waals surface area (Å²) < 4.78 is 6.75. The maximum absolute atomic E-state index is 6.10. The molecule has 0 amide bonds. The lowest BCUT2D eigenvalue weighted by Gasteiger charge is -2.06. The molecule has 0 aliphatic heterocycles. The lowest BCUT2D eigenvalue weighted by Crippen LogP contribution is -2.01. The van der Waals surface area contributed by atoms with Crippen molar-refractivity contribution in [1.29, 1.82) is 0 Å². The quantitative estimate of drug-likeness (QED) is 0.769. The van der Waals surface area contributed by atoms with Gasteiger partial charge in [-0.1, -0.05) is 23.7 Å². The zero-order valence-corrected chi connectivity index (χ0v) is 10.4. The third-order valence-electron chi connectivity index (χ3n) is 2.20. The highest BCUT2D eigenvalue weighted by Gasteiger charge is 2.07. The molecule has 0 unspecified atom stereocenters. The third-order valence-corrected chi connectivity index (χ3v) is 3.71. The van der Waals surface area contributed by atoms with Crippen LogP contribution in [0.5, 0.6) is 0 Å². The van der Waals surface area contributed by atoms with Crippen LogP contribution in [0.4, 0.5) is 0 Å². The summed E-state index contributed by atoms with van der Waals surface area (Å²) in [6.07, 6.45) is 0.263. The minimum absolute atomic E-state index is 0.263. The fraction of sp³-hybridized carbons (Fsp3) is 0.333. The van der Waals surface area contributed by atoms with Crippen molar-refractivity contribution in [3.63, 3.8) is 0 Å². The fourth-order valence-corrected chi connectivity index (χ4v) is 2.71. The SMILES string of the molecule is CC(C)OCc1csc2c(Cl)cccc12. The van der Waals surface area contributed by atoms with E-state index in [1.807, 2.05) is 26.0 Å². The molecule has 1 aromatic heterocycles. The molecule has 0 aliphatic carbocycles. The Bertz CT molecular complexity index is 462. The number of hydrogen-bond donors (Lipinski definition) is 0. The van der Waals surface area contributed by atoms with E-state index in [0.717, 1.165) is 9.72 Å². The molecule has 80 valence electrons. The number of ether oxygens (including phenoxy) is 1. The Morgan fingerprint density at radius 2 is 2.20 bits per heavy atom. The molecule has 0 saturated heterocycles. The lowest BCUT2D eigenvalue weighted by molar-refractivity contribution is 0.0666. The Morgan fingerprint density at radius 1 is 1.40 bits per heavy atom. The maximum atomic E-state index is 6.10. The van der Waals surface area contributed by atoms with Gasteiger partial charge in [-0.2, -0.15) is 0 Å². The average molecular weight is 241 g/mol. The van der Waals surface area contributed by atoms with Crippen LogP contribution in [0.25, 0.3) is 10.1 Å². The zero-order valence-electron chi connectivity index (χ0n) is 8.79. The standard InChI is InChI=1S/C12H13ClOS/c1-8(2)14-6-9-7-15-12-10(9)4-3-5-11(12)13/h3-5,7-8H,6H2,1-2H3. The van der Waals surface area contributed by atoms with Crippen LogP contribution in [0.15, 0.2) is 23.6 Å². The summed E-state index contributed by atoms with van der Waals surface area (Å²) in [6, 6.07) is 6.00. The average Bonchev–Trinajstić information content (AvgIpc) is 2.59. The fourth-order valence-electron chi connectivity index (χ4n) is 1.44. The van der Waals surface area contributed by atoms with Crippen molar-refractivity contribution in [2.45, 2.75) is 26.6 Å². The van der Waals surface area contributed by atoms with Gasteiger partial charge in [0.1, 0.15) is 0 Å². The van der Waals surface area contributed by atoms with Crippen LogP contribution >= 0.6 is 22.9 Å². The van der Waals surface area contributed by atoms with E-state index in [0.29, 0.717) is 6.61 Å². The lowest BCUT2D eigenvalue weighted by atomic mass is 10.2. The molecule has 15 heavy (non-hydrogen) atoms. The Hall–Kier alpha value is -0.570. The van der Waals surface area contributed by atoms with E-state index in [2.05, 4.69) is 11.4 Å². The number of rotatable bonds is 3. The first kappa shape index (κ1) is 10.9. The van der Waals surface area contributed by atoms with Crippen molar-refractivity contribution in [3.8, 4) is 0 Å². The predicted octanol–water partition coefficient (Wildman–Crippen LogP) is 4.48. The van der Waals surface area contributed by atoms with Gasteiger partial charge in [-0.25, -0.2) is 0 Å². The molecule has 1 nitrogen and oxygen atoms in total. The topological polar surface area (TPSA) is 9.23 Å². The summed E-state index contributed by atoms with van der Waals surface area (Å²) in [6.45, 7) is 4.75. The van der Waals surface area contributed by atoms with Gasteiger partial charge >= 0.3 is 0 Å². The highest BCUT2D eigenvalue weighted by Crippen LogP contribution is 2.32. The van der Waals surface area contributed by atoms with Crippen molar-refractivity contribution >= 4 is 33.0 Å². The maximum Gasteiger partial charge on any atom is 0.0734 e. The van der Waals surface area contributed by atoms with Gasteiger partial charge < -0.3 is 4.74 Å². The smallest absolute Gasteiger partial charge is 0.0734 e. The Kier molecular flexibility index (Phi) is 3.29. The van der Waals surface area contributed by atoms with Crippen molar-refractivity contribution in [2.24, 2.45) is 0 Å².